The van der Waals surface area contributed by atoms with Crippen molar-refractivity contribution in [1.82, 2.24) is 14.3 Å². The summed E-state index contributed by atoms with van der Waals surface area (Å²) in [6.07, 6.45) is 1.06. The van der Waals surface area contributed by atoms with Gasteiger partial charge < -0.3 is 14.5 Å². The Labute approximate surface area is 244 Å². The van der Waals surface area contributed by atoms with Gasteiger partial charge in [-0.15, -0.1) is 0 Å². The lowest BCUT2D eigenvalue weighted by atomic mass is 10.1. The number of hydrogen-bond acceptors (Lipinski definition) is 10. The van der Waals surface area contributed by atoms with Crippen LogP contribution in [-0.4, -0.2) is 89.7 Å². The molecular formula is C27H29N7O6S2. The van der Waals surface area contributed by atoms with Crippen molar-refractivity contribution in [1.29, 1.82) is 5.26 Å². The molecule has 2 aliphatic rings. The molecule has 2 aromatic carbocycles. The number of nitriles is 1. The predicted molar refractivity (Wildman–Crippen MR) is 156 cm³/mol. The zero-order chi connectivity index (χ0) is 30.2. The molecule has 3 aromatic rings. The fourth-order valence-corrected chi connectivity index (χ4v) is 6.81. The van der Waals surface area contributed by atoms with E-state index in [1.807, 2.05) is 11.0 Å². The highest BCUT2D eigenvalue weighted by Gasteiger charge is 2.33. The SMILES string of the molecule is Cc1cc(C#N)nc(N2CCN(S(=O)(=O)c3ccc4c(c3)OCCN4C(=O)c3ccccc3N(C)S(C)(=O)=O)CC2)n1. The van der Waals surface area contributed by atoms with Gasteiger partial charge in [0.25, 0.3) is 5.91 Å². The van der Waals surface area contributed by atoms with Gasteiger partial charge in [-0.3, -0.25) is 9.10 Å². The molecule has 2 aliphatic heterocycles. The Hall–Kier alpha value is -4.26. The molecule has 220 valence electrons. The molecule has 0 unspecified atom stereocenters. The minimum absolute atomic E-state index is 0.0276. The van der Waals surface area contributed by atoms with E-state index in [4.69, 9.17) is 4.74 Å². The molecule has 42 heavy (non-hydrogen) atoms. The van der Waals surface area contributed by atoms with Crippen LogP contribution in [0, 0.1) is 18.3 Å². The zero-order valence-corrected chi connectivity index (χ0v) is 24.9. The van der Waals surface area contributed by atoms with Crippen LogP contribution in [0.15, 0.2) is 53.4 Å². The number of anilines is 3. The third kappa shape index (κ3) is 5.60. The lowest BCUT2D eigenvalue weighted by Crippen LogP contribution is -2.49. The largest absolute Gasteiger partial charge is 0.489 e. The number of carbonyl (C=O) groups excluding carboxylic acids is 1. The summed E-state index contributed by atoms with van der Waals surface area (Å²) >= 11 is 0. The first kappa shape index (κ1) is 29.2. The van der Waals surface area contributed by atoms with Crippen molar-refractivity contribution in [3.63, 3.8) is 0 Å². The minimum Gasteiger partial charge on any atom is -0.489 e. The number of fused-ring (bicyclic) bond motifs is 1. The lowest BCUT2D eigenvalue weighted by molar-refractivity contribution is 0.0977. The van der Waals surface area contributed by atoms with Crippen molar-refractivity contribution < 1.29 is 26.4 Å². The maximum absolute atomic E-state index is 13.6. The normalized spacial score (nSPS) is 15.9. The molecule has 1 saturated heterocycles. The van der Waals surface area contributed by atoms with Crippen LogP contribution in [0.1, 0.15) is 21.7 Å². The third-order valence-electron chi connectivity index (χ3n) is 7.13. The maximum atomic E-state index is 13.6. The summed E-state index contributed by atoms with van der Waals surface area (Å²) in [4.78, 5) is 25.6. The van der Waals surface area contributed by atoms with Crippen molar-refractivity contribution in [3.05, 3.63) is 65.5 Å². The molecule has 0 radical (unpaired) electrons. The molecule has 3 heterocycles. The molecular weight excluding hydrogens is 582 g/mol. The number of sulfonamides is 2. The van der Waals surface area contributed by atoms with Crippen LogP contribution < -0.4 is 18.8 Å². The van der Waals surface area contributed by atoms with Crippen LogP contribution in [0.5, 0.6) is 5.75 Å². The fraction of sp³-hybridized carbons (Fsp3) is 0.333. The van der Waals surface area contributed by atoms with E-state index in [9.17, 15) is 26.9 Å². The monoisotopic (exact) mass is 611 g/mol. The molecule has 15 heteroatoms. The first-order valence-corrected chi connectivity index (χ1v) is 16.3. The number of aryl methyl sites for hydroxylation is 1. The molecule has 0 N–H and O–H groups in total. The van der Waals surface area contributed by atoms with Gasteiger partial charge in [-0.1, -0.05) is 12.1 Å². The van der Waals surface area contributed by atoms with Gasteiger partial charge in [0.1, 0.15) is 24.1 Å². The number of piperazine rings is 1. The Morgan fingerprint density at radius 3 is 2.40 bits per heavy atom. The number of hydrogen-bond donors (Lipinski definition) is 0. The summed E-state index contributed by atoms with van der Waals surface area (Å²) in [6.45, 7) is 3.17. The molecule has 0 bridgehead atoms. The van der Waals surface area contributed by atoms with E-state index in [0.717, 1.165) is 10.6 Å². The van der Waals surface area contributed by atoms with E-state index in [1.54, 1.807) is 37.3 Å². The maximum Gasteiger partial charge on any atom is 0.260 e. The summed E-state index contributed by atoms with van der Waals surface area (Å²) in [5.41, 5.74) is 1.71. The van der Waals surface area contributed by atoms with Crippen LogP contribution in [0.3, 0.4) is 0 Å². The number of carbonyl (C=O) groups is 1. The van der Waals surface area contributed by atoms with Crippen molar-refractivity contribution in [3.8, 4) is 11.8 Å². The molecule has 0 spiro atoms. The standard InChI is InChI=1S/C27H29N7O6S2/c1-19-16-20(18-28)30-27(29-19)32-10-12-33(13-11-32)42(38,39)21-8-9-24-25(17-21)40-15-14-34(24)26(35)22-6-4-5-7-23(22)31(2)41(3,36)37/h4-9,16-17H,10-15H2,1-3H3. The average molecular weight is 612 g/mol. The highest BCUT2D eigenvalue weighted by atomic mass is 32.2. The third-order valence-corrected chi connectivity index (χ3v) is 10.2. The first-order valence-electron chi connectivity index (χ1n) is 13.0. The van der Waals surface area contributed by atoms with Gasteiger partial charge in [0, 0.05) is 45.0 Å². The molecule has 0 atom stereocenters. The summed E-state index contributed by atoms with van der Waals surface area (Å²) in [6, 6.07) is 14.4. The van der Waals surface area contributed by atoms with Crippen LogP contribution in [0.4, 0.5) is 17.3 Å². The van der Waals surface area contributed by atoms with Crippen LogP contribution >= 0.6 is 0 Å². The Morgan fingerprint density at radius 2 is 1.71 bits per heavy atom. The molecule has 1 fully saturated rings. The van der Waals surface area contributed by atoms with Gasteiger partial charge in [0.15, 0.2) is 0 Å². The van der Waals surface area contributed by atoms with E-state index in [-0.39, 0.29) is 53.8 Å². The predicted octanol–water partition coefficient (Wildman–Crippen LogP) is 1.60. The summed E-state index contributed by atoms with van der Waals surface area (Å²) in [5, 5.41) is 9.21. The minimum atomic E-state index is -3.89. The summed E-state index contributed by atoms with van der Waals surface area (Å²) in [5.74, 6) is 0.190. The van der Waals surface area contributed by atoms with Crippen molar-refractivity contribution in [2.75, 3.05) is 66.7 Å². The Kier molecular flexibility index (Phi) is 7.80. The molecule has 13 nitrogen and oxygen atoms in total. The van der Waals surface area contributed by atoms with Gasteiger partial charge in [-0.2, -0.15) is 9.57 Å². The highest BCUT2D eigenvalue weighted by molar-refractivity contribution is 7.92. The second kappa shape index (κ2) is 11.2. The molecule has 5 rings (SSSR count). The number of ether oxygens (including phenoxy) is 1. The Balaban J connectivity index is 1.36. The van der Waals surface area contributed by atoms with Crippen molar-refractivity contribution in [2.45, 2.75) is 11.8 Å². The van der Waals surface area contributed by atoms with E-state index in [1.165, 1.54) is 34.5 Å². The van der Waals surface area contributed by atoms with Crippen LogP contribution in [0.2, 0.25) is 0 Å². The number of nitrogens with zero attached hydrogens (tertiary/aromatic N) is 7. The van der Waals surface area contributed by atoms with Gasteiger partial charge in [0.05, 0.1) is 34.6 Å². The van der Waals surface area contributed by atoms with Crippen LogP contribution in [-0.2, 0) is 20.0 Å². The Morgan fingerprint density at radius 1 is 1.00 bits per heavy atom. The summed E-state index contributed by atoms with van der Waals surface area (Å²) < 4.78 is 59.6. The van der Waals surface area contributed by atoms with Crippen molar-refractivity contribution >= 4 is 43.3 Å². The first-order chi connectivity index (χ1) is 19.9. The van der Waals surface area contributed by atoms with E-state index in [2.05, 4.69) is 9.97 Å². The second-order valence-corrected chi connectivity index (χ2v) is 13.8. The fourth-order valence-electron chi connectivity index (χ4n) is 4.85. The van der Waals surface area contributed by atoms with Gasteiger partial charge >= 0.3 is 0 Å². The number of para-hydroxylation sites is 1. The van der Waals surface area contributed by atoms with Gasteiger partial charge in [0.2, 0.25) is 26.0 Å². The second-order valence-electron chi connectivity index (χ2n) is 9.88. The number of benzene rings is 2. The van der Waals surface area contributed by atoms with Gasteiger partial charge in [-0.05, 0) is 37.3 Å². The topological polar surface area (TPSA) is 157 Å². The molecule has 1 amide bonds. The highest BCUT2D eigenvalue weighted by Crippen LogP contribution is 2.36. The summed E-state index contributed by atoms with van der Waals surface area (Å²) in [7, 11) is -6.13. The van der Waals surface area contributed by atoms with Crippen molar-refractivity contribution in [2.24, 2.45) is 0 Å². The Bertz CT molecular complexity index is 1800. The van der Waals surface area contributed by atoms with E-state index in [0.29, 0.717) is 30.4 Å². The number of amides is 1. The zero-order valence-electron chi connectivity index (χ0n) is 23.3. The number of aromatic nitrogens is 2. The van der Waals surface area contributed by atoms with E-state index < -0.39 is 26.0 Å². The van der Waals surface area contributed by atoms with Crippen LogP contribution in [0.25, 0.3) is 0 Å². The van der Waals surface area contributed by atoms with Gasteiger partial charge in [-0.25, -0.2) is 26.8 Å². The number of rotatable bonds is 6. The average Bonchev–Trinajstić information content (AvgIpc) is 2.99. The quantitative estimate of drug-likeness (QED) is 0.401. The lowest BCUT2D eigenvalue weighted by Gasteiger charge is -2.34. The van der Waals surface area contributed by atoms with E-state index >= 15 is 0 Å². The molecule has 0 aliphatic carbocycles. The molecule has 0 saturated carbocycles. The molecule has 1 aromatic heterocycles. The smallest absolute Gasteiger partial charge is 0.260 e.